The third-order valence-electron chi connectivity index (χ3n) is 5.41. The molecule has 0 radical (unpaired) electrons. The van der Waals surface area contributed by atoms with Gasteiger partial charge >= 0.3 is 12.1 Å². The molecule has 35 heavy (non-hydrogen) atoms. The second kappa shape index (κ2) is 9.47. The number of carboxylic acids is 1. The number of amides is 1. The number of ether oxygens (including phenoxy) is 2. The van der Waals surface area contributed by atoms with Crippen LogP contribution in [0.15, 0.2) is 72.8 Å². The Labute approximate surface area is 204 Å². The number of fused-ring (bicyclic) bond motifs is 3. The standard InChI is InChI=1S/C26H21N3O5S/c1-2-19-23(24(30)31)29-20-13-12-18(14-22(20)35-25(29)28-19)33-21-11-7-6-8-16(21)15-27-26(32)34-17-9-4-3-5-10-17/h3-14H,2,15H2,1H3,(H,27,32)(H,30,31). The predicted octanol–water partition coefficient (Wildman–Crippen LogP) is 5.89. The normalized spacial score (nSPS) is 11.0. The van der Waals surface area contributed by atoms with E-state index in [0.717, 1.165) is 15.8 Å². The number of nitrogens with zero attached hydrogens (tertiary/aromatic N) is 2. The average molecular weight is 488 g/mol. The van der Waals surface area contributed by atoms with Gasteiger partial charge in [-0.2, -0.15) is 0 Å². The van der Waals surface area contributed by atoms with E-state index in [9.17, 15) is 14.7 Å². The van der Waals surface area contributed by atoms with Crippen LogP contribution in [0.2, 0.25) is 0 Å². The Balaban J connectivity index is 1.36. The summed E-state index contributed by atoms with van der Waals surface area (Å²) in [5.41, 5.74) is 2.30. The first-order valence-corrected chi connectivity index (χ1v) is 11.8. The third kappa shape index (κ3) is 4.53. The highest BCUT2D eigenvalue weighted by Crippen LogP contribution is 2.34. The molecule has 0 saturated heterocycles. The lowest BCUT2D eigenvalue weighted by Gasteiger charge is -2.12. The van der Waals surface area contributed by atoms with E-state index in [0.29, 0.717) is 34.3 Å². The van der Waals surface area contributed by atoms with Crippen molar-refractivity contribution in [1.82, 2.24) is 14.7 Å². The van der Waals surface area contributed by atoms with Crippen molar-refractivity contribution < 1.29 is 24.2 Å². The number of aromatic carboxylic acids is 1. The van der Waals surface area contributed by atoms with E-state index in [4.69, 9.17) is 9.47 Å². The molecule has 0 aliphatic rings. The van der Waals surface area contributed by atoms with Crippen LogP contribution >= 0.6 is 11.3 Å². The summed E-state index contributed by atoms with van der Waals surface area (Å²) in [5.74, 6) is 0.644. The topological polar surface area (TPSA) is 102 Å². The quantitative estimate of drug-likeness (QED) is 0.297. The van der Waals surface area contributed by atoms with Crippen molar-refractivity contribution in [3.63, 3.8) is 0 Å². The number of aryl methyl sites for hydroxylation is 1. The molecular weight excluding hydrogens is 466 g/mol. The van der Waals surface area contributed by atoms with E-state index < -0.39 is 12.1 Å². The minimum Gasteiger partial charge on any atom is -0.477 e. The Morgan fingerprint density at radius 3 is 2.57 bits per heavy atom. The van der Waals surface area contributed by atoms with Crippen LogP contribution in [0, 0.1) is 0 Å². The number of carbonyl (C=O) groups excluding carboxylic acids is 1. The zero-order valence-electron chi connectivity index (χ0n) is 18.7. The molecule has 176 valence electrons. The van der Waals surface area contributed by atoms with Gasteiger partial charge in [-0.3, -0.25) is 4.40 Å². The predicted molar refractivity (Wildman–Crippen MR) is 133 cm³/mol. The highest BCUT2D eigenvalue weighted by Gasteiger charge is 2.21. The molecule has 2 heterocycles. The van der Waals surface area contributed by atoms with Crippen LogP contribution in [-0.4, -0.2) is 26.6 Å². The van der Waals surface area contributed by atoms with Crippen molar-refractivity contribution >= 4 is 38.6 Å². The van der Waals surface area contributed by atoms with E-state index >= 15 is 0 Å². The van der Waals surface area contributed by atoms with Gasteiger partial charge in [0.05, 0.1) is 15.9 Å². The van der Waals surface area contributed by atoms with Crippen LogP contribution < -0.4 is 14.8 Å². The first-order chi connectivity index (χ1) is 17.0. The fourth-order valence-electron chi connectivity index (χ4n) is 3.80. The van der Waals surface area contributed by atoms with Gasteiger partial charge in [0.25, 0.3) is 0 Å². The molecule has 2 aromatic heterocycles. The van der Waals surface area contributed by atoms with E-state index in [-0.39, 0.29) is 12.2 Å². The maximum Gasteiger partial charge on any atom is 0.412 e. The number of thiazole rings is 1. The molecule has 0 spiro atoms. The van der Waals surface area contributed by atoms with Crippen molar-refractivity contribution in [2.24, 2.45) is 0 Å². The molecular formula is C26H21N3O5S. The van der Waals surface area contributed by atoms with Gasteiger partial charge in [-0.1, -0.05) is 54.7 Å². The molecule has 5 rings (SSSR count). The summed E-state index contributed by atoms with van der Waals surface area (Å²) >= 11 is 1.41. The van der Waals surface area contributed by atoms with Gasteiger partial charge in [0.2, 0.25) is 0 Å². The molecule has 5 aromatic rings. The molecule has 0 atom stereocenters. The first kappa shape index (κ1) is 22.4. The second-order valence-corrected chi connectivity index (χ2v) is 8.69. The lowest BCUT2D eigenvalue weighted by atomic mass is 10.2. The Morgan fingerprint density at radius 1 is 1.03 bits per heavy atom. The first-order valence-electron chi connectivity index (χ1n) is 11.0. The largest absolute Gasteiger partial charge is 0.477 e. The number of carbonyl (C=O) groups is 2. The number of imidazole rings is 1. The number of hydrogen-bond acceptors (Lipinski definition) is 6. The summed E-state index contributed by atoms with van der Waals surface area (Å²) in [6.45, 7) is 2.11. The van der Waals surface area contributed by atoms with Crippen LogP contribution in [0.3, 0.4) is 0 Å². The lowest BCUT2D eigenvalue weighted by Crippen LogP contribution is -2.26. The number of aromatic nitrogens is 2. The van der Waals surface area contributed by atoms with Crippen LogP contribution in [0.4, 0.5) is 4.79 Å². The molecule has 8 nitrogen and oxygen atoms in total. The van der Waals surface area contributed by atoms with E-state index in [2.05, 4.69) is 10.3 Å². The fourth-order valence-corrected chi connectivity index (χ4v) is 4.87. The monoisotopic (exact) mass is 487 g/mol. The number of hydrogen-bond donors (Lipinski definition) is 2. The Kier molecular flexibility index (Phi) is 6.07. The molecule has 3 aromatic carbocycles. The molecule has 0 aliphatic heterocycles. The highest BCUT2D eigenvalue weighted by atomic mass is 32.1. The summed E-state index contributed by atoms with van der Waals surface area (Å²) in [6.07, 6.45) is -0.0161. The van der Waals surface area contributed by atoms with Crippen LogP contribution in [-0.2, 0) is 13.0 Å². The molecule has 0 bridgehead atoms. The smallest absolute Gasteiger partial charge is 0.412 e. The molecule has 0 aliphatic carbocycles. The Morgan fingerprint density at radius 2 is 1.80 bits per heavy atom. The van der Waals surface area contributed by atoms with Crippen molar-refractivity contribution in [3.8, 4) is 17.2 Å². The molecule has 1 amide bonds. The van der Waals surface area contributed by atoms with Crippen molar-refractivity contribution in [3.05, 3.63) is 89.7 Å². The minimum atomic E-state index is -0.999. The number of rotatable bonds is 7. The lowest BCUT2D eigenvalue weighted by molar-refractivity contribution is 0.0688. The maximum atomic E-state index is 12.2. The molecule has 0 saturated carbocycles. The van der Waals surface area contributed by atoms with Crippen LogP contribution in [0.1, 0.15) is 28.7 Å². The number of para-hydroxylation sites is 2. The molecule has 0 unspecified atom stereocenters. The van der Waals surface area contributed by atoms with Gasteiger partial charge in [0.1, 0.15) is 17.2 Å². The third-order valence-corrected chi connectivity index (χ3v) is 6.41. The average Bonchev–Trinajstić information content (AvgIpc) is 3.39. The van der Waals surface area contributed by atoms with Gasteiger partial charge < -0.3 is 19.9 Å². The summed E-state index contributed by atoms with van der Waals surface area (Å²) < 4.78 is 13.9. The zero-order chi connectivity index (χ0) is 24.4. The van der Waals surface area contributed by atoms with E-state index in [1.165, 1.54) is 11.3 Å². The van der Waals surface area contributed by atoms with Crippen LogP contribution in [0.5, 0.6) is 17.2 Å². The van der Waals surface area contributed by atoms with Crippen molar-refractivity contribution in [2.45, 2.75) is 19.9 Å². The fraction of sp³-hybridized carbons (Fsp3) is 0.115. The van der Waals surface area contributed by atoms with Gasteiger partial charge in [0, 0.05) is 18.2 Å². The molecule has 0 fully saturated rings. The van der Waals surface area contributed by atoms with Gasteiger partial charge in [-0.15, -0.1) is 0 Å². The van der Waals surface area contributed by atoms with Crippen LogP contribution in [0.25, 0.3) is 15.2 Å². The van der Waals surface area contributed by atoms with Gasteiger partial charge in [0.15, 0.2) is 10.7 Å². The summed E-state index contributed by atoms with van der Waals surface area (Å²) in [5, 5.41) is 12.4. The van der Waals surface area contributed by atoms with E-state index in [1.54, 1.807) is 34.7 Å². The van der Waals surface area contributed by atoms with Crippen molar-refractivity contribution in [2.75, 3.05) is 0 Å². The van der Waals surface area contributed by atoms with Gasteiger partial charge in [-0.25, -0.2) is 14.6 Å². The molecule has 9 heteroatoms. The zero-order valence-corrected chi connectivity index (χ0v) is 19.5. The summed E-state index contributed by atoms with van der Waals surface area (Å²) in [4.78, 5) is 29.1. The number of benzene rings is 3. The minimum absolute atomic E-state index is 0.196. The Bertz CT molecular complexity index is 1540. The van der Waals surface area contributed by atoms with E-state index in [1.807, 2.05) is 49.4 Å². The van der Waals surface area contributed by atoms with Crippen molar-refractivity contribution in [1.29, 1.82) is 0 Å². The summed E-state index contributed by atoms with van der Waals surface area (Å²) in [6, 6.07) is 21.7. The summed E-state index contributed by atoms with van der Waals surface area (Å²) in [7, 11) is 0. The number of carboxylic acid groups (broad SMARTS) is 1. The second-order valence-electron chi connectivity index (χ2n) is 7.68. The molecule has 2 N–H and O–H groups in total. The highest BCUT2D eigenvalue weighted by molar-refractivity contribution is 7.23. The Hall–Kier alpha value is -4.37. The maximum absolute atomic E-state index is 12.2. The SMILES string of the molecule is CCc1nc2sc3cc(Oc4ccccc4CNC(=O)Oc4ccccc4)ccc3n2c1C(=O)O. The number of nitrogens with one attached hydrogen (secondary N) is 1. The van der Waals surface area contributed by atoms with Gasteiger partial charge in [-0.05, 0) is 36.8 Å².